The number of rotatable bonds is 12. The number of benzene rings is 4. The zero-order valence-electron chi connectivity index (χ0n) is 25.4. The van der Waals surface area contributed by atoms with Gasteiger partial charge in [-0.2, -0.15) is 0 Å². The van der Waals surface area contributed by atoms with Crippen molar-refractivity contribution in [2.75, 3.05) is 0 Å². The summed E-state index contributed by atoms with van der Waals surface area (Å²) in [6.45, 7) is 5.81. The fourth-order valence-electron chi connectivity index (χ4n) is 5.18. The number of para-hydroxylation sites is 1. The second kappa shape index (κ2) is 14.9. The van der Waals surface area contributed by atoms with Gasteiger partial charge in [0.15, 0.2) is 16.5 Å². The highest BCUT2D eigenvalue weighted by Crippen LogP contribution is 2.45. The number of nitrogens with one attached hydrogen (secondary N) is 1. The molecule has 1 aliphatic heterocycles. The number of ether oxygens (including phenoxy) is 2. The Labute approximate surface area is 284 Å². The number of likely N-dealkylation sites (tertiary alicyclic amines) is 1. The maximum absolute atomic E-state index is 14.0. The number of esters is 1. The summed E-state index contributed by atoms with van der Waals surface area (Å²) in [4.78, 5) is 46.8. The molecule has 0 spiro atoms. The van der Waals surface area contributed by atoms with Gasteiger partial charge in [0.05, 0.1) is 10.2 Å². The normalized spacial score (nSPS) is 16.4. The monoisotopic (exact) mass is 681 g/mol. The highest BCUT2D eigenvalue weighted by atomic mass is 33.1. The van der Waals surface area contributed by atoms with Crippen molar-refractivity contribution >= 4 is 61.1 Å². The van der Waals surface area contributed by atoms with Gasteiger partial charge in [-0.15, -0.1) is 11.3 Å². The topological polar surface area (TPSA) is 97.8 Å². The summed E-state index contributed by atoms with van der Waals surface area (Å²) in [5, 5.41) is 2.07. The molecule has 3 unspecified atom stereocenters. The number of aromatic nitrogens is 1. The predicted octanol–water partition coefficient (Wildman–Crippen LogP) is 7.78. The second-order valence-corrected chi connectivity index (χ2v) is 14.4. The molecule has 8 nitrogen and oxygen atoms in total. The SMILES string of the molecule is C=C(C)C(C(=O)OC(c1ccccc1)c1ccccc1)N1C(=O)C(NC(=O)OCc2ccccc2)C1SSc1nc2ccccc2s1. The van der Waals surface area contributed by atoms with E-state index < -0.39 is 41.5 Å². The minimum absolute atomic E-state index is 0.0522. The second-order valence-electron chi connectivity index (χ2n) is 10.8. The van der Waals surface area contributed by atoms with E-state index in [4.69, 9.17) is 14.5 Å². The van der Waals surface area contributed by atoms with Crippen LogP contribution in [0.15, 0.2) is 132 Å². The Morgan fingerprint density at radius 2 is 1.51 bits per heavy atom. The summed E-state index contributed by atoms with van der Waals surface area (Å²) in [6, 6.07) is 33.9. The highest BCUT2D eigenvalue weighted by Gasteiger charge is 2.54. The summed E-state index contributed by atoms with van der Waals surface area (Å²) in [5.41, 5.74) is 3.71. The van der Waals surface area contributed by atoms with Crippen molar-refractivity contribution < 1.29 is 23.9 Å². The lowest BCUT2D eigenvalue weighted by molar-refractivity contribution is -0.164. The molecule has 6 rings (SSSR count). The summed E-state index contributed by atoms with van der Waals surface area (Å²) >= 11 is 1.53. The predicted molar refractivity (Wildman–Crippen MR) is 187 cm³/mol. The summed E-state index contributed by atoms with van der Waals surface area (Å²) in [6.07, 6.45) is -1.43. The average Bonchev–Trinajstić information content (AvgIpc) is 3.52. The summed E-state index contributed by atoms with van der Waals surface area (Å²) in [7, 11) is 2.71. The van der Waals surface area contributed by atoms with Gasteiger partial charge in [0.2, 0.25) is 5.91 Å². The Morgan fingerprint density at radius 1 is 0.915 bits per heavy atom. The van der Waals surface area contributed by atoms with Crippen molar-refractivity contribution in [3.63, 3.8) is 0 Å². The lowest BCUT2D eigenvalue weighted by Gasteiger charge is -2.49. The Balaban J connectivity index is 1.23. The number of carbonyl (C=O) groups is 3. The third-order valence-corrected chi connectivity index (χ3v) is 11.5. The Kier molecular flexibility index (Phi) is 10.3. The number of nitrogens with zero attached hydrogens (tertiary/aromatic N) is 2. The molecule has 238 valence electrons. The van der Waals surface area contributed by atoms with E-state index in [9.17, 15) is 14.4 Å². The number of thiazole rings is 1. The number of fused-ring (bicyclic) bond motifs is 1. The summed E-state index contributed by atoms with van der Waals surface area (Å²) < 4.78 is 13.4. The van der Waals surface area contributed by atoms with Gasteiger partial charge in [-0.1, -0.05) is 121 Å². The molecule has 1 aromatic heterocycles. The fraction of sp³-hybridized carbons (Fsp3) is 0.167. The molecule has 0 radical (unpaired) electrons. The van der Waals surface area contributed by atoms with E-state index in [1.807, 2.05) is 115 Å². The van der Waals surface area contributed by atoms with Gasteiger partial charge >= 0.3 is 12.1 Å². The van der Waals surface area contributed by atoms with Crippen molar-refractivity contribution in [2.24, 2.45) is 0 Å². The lowest BCUT2D eigenvalue weighted by atomic mass is 9.98. The van der Waals surface area contributed by atoms with Gasteiger partial charge in [-0.3, -0.25) is 4.79 Å². The number of hydrogen-bond donors (Lipinski definition) is 1. The van der Waals surface area contributed by atoms with Gasteiger partial charge in [0.25, 0.3) is 0 Å². The smallest absolute Gasteiger partial charge is 0.408 e. The number of hydrogen-bond acceptors (Lipinski definition) is 9. The van der Waals surface area contributed by atoms with Gasteiger partial charge in [0, 0.05) is 0 Å². The third-order valence-electron chi connectivity index (χ3n) is 7.47. The first-order valence-corrected chi connectivity index (χ1v) is 17.9. The van der Waals surface area contributed by atoms with E-state index in [0.717, 1.165) is 31.2 Å². The van der Waals surface area contributed by atoms with Crippen LogP contribution in [-0.4, -0.2) is 45.3 Å². The molecule has 1 N–H and O–H groups in total. The molecule has 2 heterocycles. The molecular weight excluding hydrogens is 651 g/mol. The Morgan fingerprint density at radius 3 is 2.13 bits per heavy atom. The van der Waals surface area contributed by atoms with Crippen LogP contribution in [0.3, 0.4) is 0 Å². The molecule has 1 aliphatic rings. The maximum Gasteiger partial charge on any atom is 0.408 e. The van der Waals surface area contributed by atoms with Gasteiger partial charge < -0.3 is 19.7 Å². The molecule has 4 aromatic carbocycles. The van der Waals surface area contributed by atoms with Crippen LogP contribution in [0.2, 0.25) is 0 Å². The minimum atomic E-state index is -1.09. The first-order chi connectivity index (χ1) is 22.9. The summed E-state index contributed by atoms with van der Waals surface area (Å²) in [5.74, 6) is -1.06. The first kappa shape index (κ1) is 32.4. The number of alkyl carbamates (subject to hydrolysis) is 1. The van der Waals surface area contributed by atoms with Crippen LogP contribution in [0.25, 0.3) is 10.2 Å². The van der Waals surface area contributed by atoms with Crippen molar-refractivity contribution in [3.8, 4) is 0 Å². The van der Waals surface area contributed by atoms with Gasteiger partial charge in [-0.25, -0.2) is 14.6 Å². The van der Waals surface area contributed by atoms with Crippen molar-refractivity contribution in [2.45, 2.75) is 41.4 Å². The molecule has 1 fully saturated rings. The fourth-order valence-corrected chi connectivity index (χ4v) is 9.14. The quantitative estimate of drug-likeness (QED) is 0.0618. The molecule has 47 heavy (non-hydrogen) atoms. The Hall–Kier alpha value is -4.58. The molecule has 2 amide bonds. The van der Waals surface area contributed by atoms with E-state index in [-0.39, 0.29) is 6.61 Å². The first-order valence-electron chi connectivity index (χ1n) is 14.8. The highest BCUT2D eigenvalue weighted by molar-refractivity contribution is 8.77. The van der Waals surface area contributed by atoms with E-state index >= 15 is 0 Å². The minimum Gasteiger partial charge on any atom is -0.451 e. The van der Waals surface area contributed by atoms with E-state index in [0.29, 0.717) is 5.57 Å². The Bertz CT molecular complexity index is 1800. The largest absolute Gasteiger partial charge is 0.451 e. The van der Waals surface area contributed by atoms with Crippen molar-refractivity contribution in [1.82, 2.24) is 15.2 Å². The third kappa shape index (κ3) is 7.54. The molecule has 5 aromatic rings. The molecule has 11 heteroatoms. The maximum atomic E-state index is 14.0. The zero-order valence-corrected chi connectivity index (χ0v) is 27.8. The van der Waals surface area contributed by atoms with Crippen LogP contribution in [0, 0.1) is 0 Å². The average molecular weight is 682 g/mol. The molecule has 0 bridgehead atoms. The number of carbonyl (C=O) groups excluding carboxylic acids is 3. The van der Waals surface area contributed by atoms with Crippen molar-refractivity contribution in [3.05, 3.63) is 144 Å². The van der Waals surface area contributed by atoms with E-state index in [1.165, 1.54) is 37.8 Å². The van der Waals surface area contributed by atoms with Crippen molar-refractivity contribution in [1.29, 1.82) is 0 Å². The van der Waals surface area contributed by atoms with Crippen LogP contribution < -0.4 is 5.32 Å². The van der Waals surface area contributed by atoms with Crippen LogP contribution in [-0.2, 0) is 25.7 Å². The van der Waals surface area contributed by atoms with E-state index in [2.05, 4.69) is 11.9 Å². The van der Waals surface area contributed by atoms with Crippen LogP contribution >= 0.6 is 32.9 Å². The number of β-lactam (4-membered cyclic amide) rings is 1. The lowest BCUT2D eigenvalue weighted by Crippen LogP contribution is -2.73. The van der Waals surface area contributed by atoms with Gasteiger partial charge in [-0.05, 0) is 52.1 Å². The zero-order chi connectivity index (χ0) is 32.8. The standard InChI is InChI=1S/C36H31N3O5S3/c1-23(2)30(34(41)44-31(25-16-8-4-9-17-25)26-18-10-5-11-19-26)39-32(40)29(38-35(42)43-22-24-14-6-3-7-15-24)33(39)46-47-36-37-27-20-12-13-21-28(27)45-36/h3-21,29-31,33H,1,22H2,2H3,(H,38,42). The van der Waals surface area contributed by atoms with Gasteiger partial charge in [0.1, 0.15) is 18.0 Å². The number of amides is 2. The molecule has 0 saturated carbocycles. The molecule has 3 atom stereocenters. The molecular formula is C36H31N3O5S3. The van der Waals surface area contributed by atoms with Crippen LogP contribution in [0.1, 0.15) is 29.7 Å². The van der Waals surface area contributed by atoms with Crippen LogP contribution in [0.4, 0.5) is 4.79 Å². The molecule has 0 aliphatic carbocycles. The van der Waals surface area contributed by atoms with Crippen LogP contribution in [0.5, 0.6) is 0 Å². The molecule has 1 saturated heterocycles. The van der Waals surface area contributed by atoms with E-state index in [1.54, 1.807) is 6.92 Å².